The van der Waals surface area contributed by atoms with Gasteiger partial charge in [-0.25, -0.2) is 8.42 Å². The normalized spacial score (nSPS) is 19.7. The van der Waals surface area contributed by atoms with E-state index in [0.717, 1.165) is 4.47 Å². The molecule has 0 amide bonds. The number of fused-ring (bicyclic) bond motifs is 1. The van der Waals surface area contributed by atoms with Gasteiger partial charge in [0.05, 0.1) is 17.0 Å². The summed E-state index contributed by atoms with van der Waals surface area (Å²) in [6.07, 6.45) is 0. The lowest BCUT2D eigenvalue weighted by atomic mass is 10.1. The number of halogens is 1. The predicted molar refractivity (Wildman–Crippen MR) is 72.2 cm³/mol. The van der Waals surface area contributed by atoms with Gasteiger partial charge in [-0.2, -0.15) is 0 Å². The van der Waals surface area contributed by atoms with Gasteiger partial charge in [0.15, 0.2) is 0 Å². The number of amidine groups is 1. The van der Waals surface area contributed by atoms with E-state index in [1.165, 1.54) is 6.07 Å². The topological polar surface area (TPSA) is 78.8 Å². The summed E-state index contributed by atoms with van der Waals surface area (Å²) in [5.41, 5.74) is -0.457. The van der Waals surface area contributed by atoms with Crippen molar-refractivity contribution >= 4 is 31.8 Å². The van der Waals surface area contributed by atoms with Crippen molar-refractivity contribution in [3.05, 3.63) is 28.2 Å². The highest BCUT2D eigenvalue weighted by molar-refractivity contribution is 9.10. The quantitative estimate of drug-likeness (QED) is 0.855. The highest BCUT2D eigenvalue weighted by atomic mass is 79.9. The molecule has 98 valence electrons. The Kier molecular flexibility index (Phi) is 3.25. The van der Waals surface area contributed by atoms with E-state index in [-0.39, 0.29) is 17.3 Å². The molecule has 0 atom stereocenters. The molecule has 0 radical (unpaired) electrons. The van der Waals surface area contributed by atoms with Gasteiger partial charge in [0, 0.05) is 10.0 Å². The zero-order chi connectivity index (χ0) is 13.6. The van der Waals surface area contributed by atoms with Crippen LogP contribution < -0.4 is 4.72 Å². The van der Waals surface area contributed by atoms with Gasteiger partial charge in [-0.15, -0.1) is 0 Å². The highest BCUT2D eigenvalue weighted by Gasteiger charge is 2.31. The predicted octanol–water partition coefficient (Wildman–Crippen LogP) is 1.26. The summed E-state index contributed by atoms with van der Waals surface area (Å²) in [5.74, 6) is 0.272. The van der Waals surface area contributed by atoms with Crippen molar-refractivity contribution in [3.63, 3.8) is 0 Å². The minimum Gasteiger partial charge on any atom is -0.389 e. The number of rotatable bonds is 2. The molecule has 7 heteroatoms. The van der Waals surface area contributed by atoms with Crippen LogP contribution in [0.1, 0.15) is 19.4 Å². The first-order valence-electron chi connectivity index (χ1n) is 5.29. The van der Waals surface area contributed by atoms with Crippen LogP contribution in [0.25, 0.3) is 0 Å². The summed E-state index contributed by atoms with van der Waals surface area (Å²) in [6, 6.07) is 4.88. The van der Waals surface area contributed by atoms with Crippen LogP contribution in [0, 0.1) is 0 Å². The van der Waals surface area contributed by atoms with Crippen LogP contribution in [-0.4, -0.2) is 31.5 Å². The smallest absolute Gasteiger partial charge is 0.263 e. The lowest BCUT2D eigenvalue weighted by Crippen LogP contribution is -2.27. The molecule has 1 aromatic rings. The van der Waals surface area contributed by atoms with Gasteiger partial charge in [0.2, 0.25) is 0 Å². The fourth-order valence-electron chi connectivity index (χ4n) is 1.55. The molecule has 0 fully saturated rings. The molecule has 2 rings (SSSR count). The van der Waals surface area contributed by atoms with E-state index in [2.05, 4.69) is 25.6 Å². The third-order valence-corrected chi connectivity index (χ3v) is 4.23. The Labute approximate surface area is 114 Å². The number of aliphatic imine (C=N–C) groups is 1. The van der Waals surface area contributed by atoms with Crippen molar-refractivity contribution in [1.82, 2.24) is 4.72 Å². The van der Waals surface area contributed by atoms with Crippen LogP contribution in [0.15, 0.2) is 32.6 Å². The van der Waals surface area contributed by atoms with Crippen molar-refractivity contribution in [2.45, 2.75) is 24.3 Å². The molecule has 0 spiro atoms. The second-order valence-electron chi connectivity index (χ2n) is 4.72. The molecule has 1 aliphatic heterocycles. The Morgan fingerprint density at radius 1 is 1.44 bits per heavy atom. The SMILES string of the molecule is CC(C)(O)CN=C1NS(=O)(=O)c2ccc(Br)cc21. The highest BCUT2D eigenvalue weighted by Crippen LogP contribution is 2.26. The lowest BCUT2D eigenvalue weighted by molar-refractivity contribution is 0.0904. The minimum atomic E-state index is -3.52. The van der Waals surface area contributed by atoms with E-state index in [0.29, 0.717) is 5.56 Å². The molecule has 1 aromatic carbocycles. The third kappa shape index (κ3) is 2.73. The van der Waals surface area contributed by atoms with Crippen molar-refractivity contribution in [1.29, 1.82) is 0 Å². The van der Waals surface area contributed by atoms with Crippen molar-refractivity contribution < 1.29 is 13.5 Å². The Hall–Kier alpha value is -0.920. The van der Waals surface area contributed by atoms with Crippen molar-refractivity contribution in [2.24, 2.45) is 4.99 Å². The molecule has 2 N–H and O–H groups in total. The van der Waals surface area contributed by atoms with Gasteiger partial charge in [-0.3, -0.25) is 9.71 Å². The van der Waals surface area contributed by atoms with Crippen LogP contribution in [0.4, 0.5) is 0 Å². The second-order valence-corrected chi connectivity index (χ2v) is 7.29. The first-order chi connectivity index (χ1) is 8.19. The third-order valence-electron chi connectivity index (χ3n) is 2.34. The van der Waals surface area contributed by atoms with Crippen molar-refractivity contribution in [2.75, 3.05) is 6.54 Å². The van der Waals surface area contributed by atoms with Crippen LogP contribution in [-0.2, 0) is 10.0 Å². The molecule has 0 aliphatic carbocycles. The van der Waals surface area contributed by atoms with Gasteiger partial charge >= 0.3 is 0 Å². The summed E-state index contributed by atoms with van der Waals surface area (Å²) in [6.45, 7) is 3.35. The summed E-state index contributed by atoms with van der Waals surface area (Å²) in [7, 11) is -3.52. The van der Waals surface area contributed by atoms with Crippen molar-refractivity contribution in [3.8, 4) is 0 Å². The average Bonchev–Trinajstić information content (AvgIpc) is 2.46. The van der Waals surface area contributed by atoms with Gasteiger partial charge in [0.1, 0.15) is 5.84 Å². The molecule has 18 heavy (non-hydrogen) atoms. The van der Waals surface area contributed by atoms with Gasteiger partial charge in [0.25, 0.3) is 10.0 Å². The molecule has 1 heterocycles. The van der Waals surface area contributed by atoms with E-state index >= 15 is 0 Å². The van der Waals surface area contributed by atoms with Gasteiger partial charge in [-0.05, 0) is 32.0 Å². The zero-order valence-electron chi connectivity index (χ0n) is 9.94. The maximum Gasteiger partial charge on any atom is 0.263 e. The first kappa shape index (κ1) is 13.5. The number of hydrogen-bond acceptors (Lipinski definition) is 4. The summed E-state index contributed by atoms with van der Waals surface area (Å²) in [4.78, 5) is 4.34. The van der Waals surface area contributed by atoms with Crippen LogP contribution in [0.3, 0.4) is 0 Å². The molecule has 1 aliphatic rings. The molecular formula is C11H13BrN2O3S. The standard InChI is InChI=1S/C11H13BrN2O3S/c1-11(2,15)6-13-10-8-5-7(12)3-4-9(8)18(16,17)14-10/h3-5,15H,6H2,1-2H3,(H,13,14). The number of hydrogen-bond donors (Lipinski definition) is 2. The largest absolute Gasteiger partial charge is 0.389 e. The monoisotopic (exact) mass is 332 g/mol. The minimum absolute atomic E-state index is 0.122. The molecule has 0 unspecified atom stereocenters. The maximum absolute atomic E-state index is 11.8. The van der Waals surface area contributed by atoms with E-state index in [1.807, 2.05) is 0 Å². The summed E-state index contributed by atoms with van der Waals surface area (Å²) >= 11 is 3.29. The lowest BCUT2D eigenvalue weighted by Gasteiger charge is -2.13. The van der Waals surface area contributed by atoms with Crippen LogP contribution in [0.5, 0.6) is 0 Å². The molecule has 5 nitrogen and oxygen atoms in total. The Morgan fingerprint density at radius 3 is 2.72 bits per heavy atom. The fraction of sp³-hybridized carbons (Fsp3) is 0.364. The average molecular weight is 333 g/mol. The molecular weight excluding hydrogens is 320 g/mol. The van der Waals surface area contributed by atoms with E-state index in [1.54, 1.807) is 26.0 Å². The maximum atomic E-state index is 11.8. The molecule has 0 saturated heterocycles. The number of nitrogens with zero attached hydrogens (tertiary/aromatic N) is 1. The second kappa shape index (κ2) is 4.32. The van der Waals surface area contributed by atoms with Gasteiger partial charge in [-0.1, -0.05) is 15.9 Å². The number of nitrogens with one attached hydrogen (secondary N) is 1. The zero-order valence-corrected chi connectivity index (χ0v) is 12.3. The Bertz CT molecular complexity index is 618. The molecule has 0 bridgehead atoms. The van der Waals surface area contributed by atoms with Gasteiger partial charge < -0.3 is 5.11 Å². The Morgan fingerprint density at radius 2 is 2.11 bits per heavy atom. The van der Waals surface area contributed by atoms with Crippen LogP contribution in [0.2, 0.25) is 0 Å². The van der Waals surface area contributed by atoms with E-state index < -0.39 is 15.6 Å². The number of sulfonamides is 1. The Balaban J connectivity index is 2.48. The molecule has 0 aromatic heterocycles. The number of aliphatic hydroxyl groups is 1. The summed E-state index contributed by atoms with van der Waals surface area (Å²) in [5, 5.41) is 9.62. The van der Waals surface area contributed by atoms with E-state index in [9.17, 15) is 13.5 Å². The summed E-state index contributed by atoms with van der Waals surface area (Å²) < 4.78 is 26.8. The fourth-order valence-corrected chi connectivity index (χ4v) is 3.14. The van der Waals surface area contributed by atoms with Crippen LogP contribution >= 0.6 is 15.9 Å². The first-order valence-corrected chi connectivity index (χ1v) is 7.56. The van der Waals surface area contributed by atoms with E-state index in [4.69, 9.17) is 0 Å². The molecule has 0 saturated carbocycles. The number of benzene rings is 1.